The Hall–Kier alpha value is -3.43. The second kappa shape index (κ2) is 9.60. The van der Waals surface area contributed by atoms with E-state index in [0.717, 1.165) is 19.4 Å². The van der Waals surface area contributed by atoms with Crippen molar-refractivity contribution in [2.75, 3.05) is 4.90 Å². The lowest BCUT2D eigenvalue weighted by Gasteiger charge is -2.26. The number of hydrogen-bond donors (Lipinski definition) is 2. The molecule has 1 heterocycles. The topological polar surface area (TPSA) is 95.9 Å². The Balaban J connectivity index is 1.68. The molecule has 0 aromatic heterocycles. The van der Waals surface area contributed by atoms with Gasteiger partial charge >= 0.3 is 6.03 Å². The maximum absolute atomic E-state index is 13.1. The summed E-state index contributed by atoms with van der Waals surface area (Å²) in [6.07, 6.45) is 1.39. The molecule has 0 spiro atoms. The van der Waals surface area contributed by atoms with Gasteiger partial charge < -0.3 is 9.84 Å². The van der Waals surface area contributed by atoms with Crippen LogP contribution in [0, 0.1) is 0 Å². The zero-order valence-electron chi connectivity index (χ0n) is 16.9. The van der Waals surface area contributed by atoms with Gasteiger partial charge in [-0.25, -0.2) is 9.69 Å². The quantitative estimate of drug-likeness (QED) is 0.326. The summed E-state index contributed by atoms with van der Waals surface area (Å²) < 4.78 is 7.59. The Labute approximate surface area is 205 Å². The van der Waals surface area contributed by atoms with Crippen LogP contribution in [0.25, 0.3) is 6.08 Å². The number of carbonyl (C=O) groups is 3. The fourth-order valence-electron chi connectivity index (χ4n) is 3.18. The predicted molar refractivity (Wildman–Crippen MR) is 130 cm³/mol. The SMILES string of the molecule is O=C1NC(=O)N(c2ccc(O)cc2)C(=O)/C1=C/c1cc(Br)ccc1OCc1ccccc1Br. The third kappa shape index (κ3) is 4.99. The molecule has 3 aromatic rings. The molecule has 2 N–H and O–H groups in total. The van der Waals surface area contributed by atoms with Crippen LogP contribution in [-0.4, -0.2) is 23.0 Å². The summed E-state index contributed by atoms with van der Waals surface area (Å²) in [4.78, 5) is 38.8. The van der Waals surface area contributed by atoms with Crippen molar-refractivity contribution in [1.29, 1.82) is 0 Å². The molecule has 1 aliphatic heterocycles. The number of nitrogens with zero attached hydrogens (tertiary/aromatic N) is 1. The lowest BCUT2D eigenvalue weighted by molar-refractivity contribution is -0.122. The van der Waals surface area contributed by atoms with Gasteiger partial charge in [0.1, 0.15) is 23.7 Å². The largest absolute Gasteiger partial charge is 0.508 e. The summed E-state index contributed by atoms with van der Waals surface area (Å²) in [6, 6.07) is 17.5. The molecule has 33 heavy (non-hydrogen) atoms. The highest BCUT2D eigenvalue weighted by atomic mass is 79.9. The number of rotatable bonds is 5. The number of amides is 4. The number of halogens is 2. The van der Waals surface area contributed by atoms with Gasteiger partial charge in [-0.2, -0.15) is 0 Å². The molecule has 1 saturated heterocycles. The van der Waals surface area contributed by atoms with E-state index >= 15 is 0 Å². The predicted octanol–water partition coefficient (Wildman–Crippen LogP) is 5.16. The van der Waals surface area contributed by atoms with Gasteiger partial charge in [-0.05, 0) is 54.6 Å². The number of phenols is 1. The second-order valence-electron chi connectivity index (χ2n) is 7.04. The number of hydrogen-bond acceptors (Lipinski definition) is 5. The number of benzene rings is 3. The summed E-state index contributed by atoms with van der Waals surface area (Å²) in [7, 11) is 0. The number of imide groups is 2. The fraction of sp³-hybridized carbons (Fsp3) is 0.0417. The average Bonchev–Trinajstić information content (AvgIpc) is 2.78. The third-order valence-corrected chi connectivity index (χ3v) is 6.09. The van der Waals surface area contributed by atoms with Crippen molar-refractivity contribution in [1.82, 2.24) is 5.32 Å². The van der Waals surface area contributed by atoms with Crippen LogP contribution >= 0.6 is 31.9 Å². The summed E-state index contributed by atoms with van der Waals surface area (Å²) in [5.74, 6) is -1.16. The molecular weight excluding hydrogens is 556 g/mol. The maximum atomic E-state index is 13.1. The van der Waals surface area contributed by atoms with Gasteiger partial charge in [0.2, 0.25) is 0 Å². The fourth-order valence-corrected chi connectivity index (χ4v) is 3.96. The van der Waals surface area contributed by atoms with E-state index < -0.39 is 17.8 Å². The van der Waals surface area contributed by atoms with Crippen molar-refractivity contribution in [3.05, 3.63) is 92.4 Å². The number of nitrogens with one attached hydrogen (secondary N) is 1. The number of ether oxygens (including phenoxy) is 1. The number of urea groups is 1. The van der Waals surface area contributed by atoms with Crippen LogP contribution in [-0.2, 0) is 16.2 Å². The van der Waals surface area contributed by atoms with E-state index in [1.54, 1.807) is 18.2 Å². The minimum atomic E-state index is -0.868. The van der Waals surface area contributed by atoms with Crippen LogP contribution < -0.4 is 15.0 Å². The number of phenolic OH excluding ortho intramolecular Hbond substituents is 1. The van der Waals surface area contributed by atoms with Crippen LogP contribution in [0.4, 0.5) is 10.5 Å². The molecule has 3 aromatic carbocycles. The lowest BCUT2D eigenvalue weighted by atomic mass is 10.1. The smallest absolute Gasteiger partial charge is 0.335 e. The summed E-state index contributed by atoms with van der Waals surface area (Å²) in [6.45, 7) is 0.261. The minimum absolute atomic E-state index is 0.0172. The zero-order valence-corrected chi connectivity index (χ0v) is 20.1. The third-order valence-electron chi connectivity index (χ3n) is 4.82. The lowest BCUT2D eigenvalue weighted by Crippen LogP contribution is -2.54. The molecule has 0 saturated carbocycles. The Kier molecular flexibility index (Phi) is 6.62. The molecule has 1 aliphatic rings. The first-order chi connectivity index (χ1) is 15.8. The van der Waals surface area contributed by atoms with E-state index in [4.69, 9.17) is 4.74 Å². The number of aromatic hydroxyl groups is 1. The highest BCUT2D eigenvalue weighted by molar-refractivity contribution is 9.10. The average molecular weight is 572 g/mol. The molecule has 4 amide bonds. The first-order valence-electron chi connectivity index (χ1n) is 9.70. The normalized spacial score (nSPS) is 15.0. The van der Waals surface area contributed by atoms with Gasteiger partial charge in [-0.15, -0.1) is 0 Å². The first kappa shape index (κ1) is 22.8. The molecule has 7 nitrogen and oxygen atoms in total. The van der Waals surface area contributed by atoms with E-state index in [1.807, 2.05) is 24.3 Å². The van der Waals surface area contributed by atoms with Gasteiger partial charge in [-0.1, -0.05) is 50.1 Å². The maximum Gasteiger partial charge on any atom is 0.335 e. The summed E-state index contributed by atoms with van der Waals surface area (Å²) >= 11 is 6.88. The van der Waals surface area contributed by atoms with E-state index in [1.165, 1.54) is 30.3 Å². The van der Waals surface area contributed by atoms with Gasteiger partial charge in [0, 0.05) is 20.1 Å². The van der Waals surface area contributed by atoms with Crippen LogP contribution in [0.2, 0.25) is 0 Å². The Morgan fingerprint density at radius 1 is 0.970 bits per heavy atom. The molecule has 9 heteroatoms. The Morgan fingerprint density at radius 2 is 1.70 bits per heavy atom. The monoisotopic (exact) mass is 570 g/mol. The molecule has 0 unspecified atom stereocenters. The Morgan fingerprint density at radius 3 is 2.42 bits per heavy atom. The van der Waals surface area contributed by atoms with Gasteiger partial charge in [0.25, 0.3) is 11.8 Å². The first-order valence-corrected chi connectivity index (χ1v) is 11.3. The van der Waals surface area contributed by atoms with Crippen molar-refractivity contribution in [3.63, 3.8) is 0 Å². The molecule has 0 radical (unpaired) electrons. The number of barbiturate groups is 1. The van der Waals surface area contributed by atoms with Crippen molar-refractivity contribution in [2.45, 2.75) is 6.61 Å². The van der Waals surface area contributed by atoms with E-state index in [-0.39, 0.29) is 23.6 Å². The van der Waals surface area contributed by atoms with E-state index in [0.29, 0.717) is 11.3 Å². The minimum Gasteiger partial charge on any atom is -0.508 e. The van der Waals surface area contributed by atoms with Crippen molar-refractivity contribution in [2.24, 2.45) is 0 Å². The van der Waals surface area contributed by atoms with Crippen molar-refractivity contribution in [3.8, 4) is 11.5 Å². The standard InChI is InChI=1S/C24H16Br2N2O5/c25-16-5-10-21(33-13-14-3-1-2-4-20(14)26)15(11-16)12-19-22(30)27-24(32)28(23(19)31)17-6-8-18(29)9-7-17/h1-12,29H,13H2,(H,27,30,32)/b19-12+. The van der Waals surface area contributed by atoms with Crippen LogP contribution in [0.15, 0.2) is 81.2 Å². The Bertz CT molecular complexity index is 1290. The van der Waals surface area contributed by atoms with Crippen LogP contribution in [0.3, 0.4) is 0 Å². The second-order valence-corrected chi connectivity index (χ2v) is 8.81. The van der Waals surface area contributed by atoms with Crippen molar-refractivity contribution >= 4 is 61.5 Å². The highest BCUT2D eigenvalue weighted by Crippen LogP contribution is 2.29. The molecule has 0 bridgehead atoms. The molecule has 4 rings (SSSR count). The summed E-state index contributed by atoms with van der Waals surface area (Å²) in [5, 5.41) is 11.7. The highest BCUT2D eigenvalue weighted by Gasteiger charge is 2.37. The molecule has 1 fully saturated rings. The van der Waals surface area contributed by atoms with E-state index in [9.17, 15) is 19.5 Å². The zero-order chi connectivity index (χ0) is 23.5. The van der Waals surface area contributed by atoms with Gasteiger partial charge in [-0.3, -0.25) is 14.9 Å². The van der Waals surface area contributed by atoms with Crippen LogP contribution in [0.1, 0.15) is 11.1 Å². The molecule has 166 valence electrons. The molecule has 0 aliphatic carbocycles. The van der Waals surface area contributed by atoms with Gasteiger partial charge in [0.15, 0.2) is 0 Å². The van der Waals surface area contributed by atoms with Gasteiger partial charge in [0.05, 0.1) is 5.69 Å². The van der Waals surface area contributed by atoms with Crippen LogP contribution in [0.5, 0.6) is 11.5 Å². The van der Waals surface area contributed by atoms with E-state index in [2.05, 4.69) is 37.2 Å². The summed E-state index contributed by atoms with van der Waals surface area (Å²) in [5.41, 5.74) is 1.39. The number of carbonyl (C=O) groups excluding carboxylic acids is 3. The molecule has 0 atom stereocenters. The van der Waals surface area contributed by atoms with Crippen molar-refractivity contribution < 1.29 is 24.2 Å². The molecular formula is C24H16Br2N2O5. The number of anilines is 1.